The molecule has 0 atom stereocenters. The molecule has 3 nitrogen and oxygen atoms in total. The molecule has 1 aromatic rings. The number of nitrogens with zero attached hydrogens (tertiary/aromatic N) is 1. The van der Waals surface area contributed by atoms with Crippen molar-refractivity contribution in [1.29, 1.82) is 0 Å². The third-order valence-electron chi connectivity index (χ3n) is 1.45. The van der Waals surface area contributed by atoms with Gasteiger partial charge in [0.15, 0.2) is 0 Å². The maximum Gasteiger partial charge on any atom is 0.417 e. The van der Waals surface area contributed by atoms with Gasteiger partial charge in [-0.15, -0.1) is 0 Å². The zero-order valence-electron chi connectivity index (χ0n) is 7.30. The Morgan fingerprint density at radius 3 is 2.67 bits per heavy atom. The summed E-state index contributed by atoms with van der Waals surface area (Å²) in [5.41, 5.74) is 3.38. The van der Waals surface area contributed by atoms with Gasteiger partial charge in [-0.1, -0.05) is 5.92 Å². The van der Waals surface area contributed by atoms with Crippen LogP contribution in [0, 0.1) is 11.8 Å². The first-order valence-electron chi connectivity index (χ1n) is 3.74. The summed E-state index contributed by atoms with van der Waals surface area (Å²) in [7, 11) is 0. The molecule has 0 spiro atoms. The number of rotatable bonds is 0. The number of hydrogen-bond acceptors (Lipinski definition) is 2. The Balaban J connectivity index is 3.21. The second-order valence-corrected chi connectivity index (χ2v) is 2.53. The van der Waals surface area contributed by atoms with Gasteiger partial charge in [-0.3, -0.25) is 9.78 Å². The normalized spacial score (nSPS) is 10.3. The summed E-state index contributed by atoms with van der Waals surface area (Å²) in [4.78, 5) is 13.8. The number of pyridine rings is 1. The van der Waals surface area contributed by atoms with E-state index in [9.17, 15) is 18.0 Å². The number of halogens is 3. The highest BCUT2D eigenvalue weighted by molar-refractivity contribution is 5.92. The van der Waals surface area contributed by atoms with Gasteiger partial charge in [-0.2, -0.15) is 13.2 Å². The lowest BCUT2D eigenvalue weighted by atomic mass is 10.1. The molecule has 1 amide bonds. The van der Waals surface area contributed by atoms with Crippen LogP contribution in [0.4, 0.5) is 13.2 Å². The topological polar surface area (TPSA) is 56.0 Å². The molecule has 0 aromatic carbocycles. The number of amides is 1. The first-order chi connectivity index (χ1) is 6.91. The minimum atomic E-state index is -4.52. The quantitative estimate of drug-likeness (QED) is 0.653. The molecule has 78 valence electrons. The van der Waals surface area contributed by atoms with E-state index in [-0.39, 0.29) is 5.56 Å². The van der Waals surface area contributed by atoms with Crippen LogP contribution in [0.15, 0.2) is 18.5 Å². The molecule has 1 aromatic heterocycles. The molecular formula is C9H5F3N2O. The van der Waals surface area contributed by atoms with Crippen molar-refractivity contribution in [2.45, 2.75) is 6.18 Å². The van der Waals surface area contributed by atoms with Gasteiger partial charge >= 0.3 is 6.18 Å². The first kappa shape index (κ1) is 11.0. The summed E-state index contributed by atoms with van der Waals surface area (Å²) in [5, 5.41) is 0. The van der Waals surface area contributed by atoms with Gasteiger partial charge in [-0.25, -0.2) is 0 Å². The number of hydrogen-bond donors (Lipinski definition) is 1. The van der Waals surface area contributed by atoms with Crippen LogP contribution in [0.1, 0.15) is 11.1 Å². The van der Waals surface area contributed by atoms with E-state index >= 15 is 0 Å². The van der Waals surface area contributed by atoms with Crippen LogP contribution in [-0.2, 0) is 11.0 Å². The van der Waals surface area contributed by atoms with E-state index in [4.69, 9.17) is 0 Å². The van der Waals surface area contributed by atoms with Gasteiger partial charge in [0.2, 0.25) is 0 Å². The van der Waals surface area contributed by atoms with E-state index in [0.29, 0.717) is 0 Å². The Hall–Kier alpha value is -2.03. The Morgan fingerprint density at radius 2 is 2.13 bits per heavy atom. The average molecular weight is 214 g/mol. The molecule has 0 saturated heterocycles. The number of alkyl halides is 3. The second-order valence-electron chi connectivity index (χ2n) is 2.53. The molecular weight excluding hydrogens is 209 g/mol. The smallest absolute Gasteiger partial charge is 0.359 e. The molecule has 2 N–H and O–H groups in total. The van der Waals surface area contributed by atoms with E-state index < -0.39 is 17.6 Å². The first-order valence-corrected chi connectivity index (χ1v) is 3.74. The van der Waals surface area contributed by atoms with Gasteiger partial charge < -0.3 is 5.73 Å². The van der Waals surface area contributed by atoms with Gasteiger partial charge in [0, 0.05) is 18.3 Å². The fraction of sp³-hybridized carbons (Fsp3) is 0.111. The summed E-state index contributed by atoms with van der Waals surface area (Å²) in [6.45, 7) is 0. The number of primary amides is 1. The lowest BCUT2D eigenvalue weighted by Gasteiger charge is -2.07. The predicted molar refractivity (Wildman–Crippen MR) is 45.3 cm³/mol. The number of carbonyl (C=O) groups excluding carboxylic acids is 1. The third kappa shape index (κ3) is 2.98. The maximum absolute atomic E-state index is 12.4. The molecule has 0 saturated carbocycles. The molecule has 0 aliphatic carbocycles. The van der Waals surface area contributed by atoms with Crippen molar-refractivity contribution >= 4 is 5.91 Å². The molecule has 0 aliphatic heterocycles. The zero-order chi connectivity index (χ0) is 11.5. The second kappa shape index (κ2) is 4.00. The molecule has 0 radical (unpaired) electrons. The molecule has 6 heteroatoms. The summed E-state index contributed by atoms with van der Waals surface area (Å²) in [6, 6.07) is 0.783. The van der Waals surface area contributed by atoms with Gasteiger partial charge in [0.1, 0.15) is 0 Å². The standard InChI is InChI=1S/C9H5F3N2O/c10-9(11,12)7-3-4-14-5-6(7)1-2-8(13)15/h3-5H,(H2,13,15). The van der Waals surface area contributed by atoms with Crippen molar-refractivity contribution in [2.75, 3.05) is 0 Å². The Kier molecular flexibility index (Phi) is 2.95. The maximum atomic E-state index is 12.4. The Bertz CT molecular complexity index is 443. The minimum Gasteiger partial charge on any atom is -0.359 e. The SMILES string of the molecule is NC(=O)C#Cc1cnccc1C(F)(F)F. The fourth-order valence-corrected chi connectivity index (χ4v) is 0.870. The van der Waals surface area contributed by atoms with Crippen molar-refractivity contribution in [2.24, 2.45) is 5.73 Å². The Morgan fingerprint density at radius 1 is 1.47 bits per heavy atom. The largest absolute Gasteiger partial charge is 0.417 e. The van der Waals surface area contributed by atoms with Crippen LogP contribution in [0.25, 0.3) is 0 Å². The predicted octanol–water partition coefficient (Wildman–Crippen LogP) is 0.937. The lowest BCUT2D eigenvalue weighted by molar-refractivity contribution is -0.137. The van der Waals surface area contributed by atoms with Gasteiger partial charge in [0.05, 0.1) is 11.1 Å². The molecule has 0 fully saturated rings. The van der Waals surface area contributed by atoms with Crippen molar-refractivity contribution in [3.8, 4) is 11.8 Å². The lowest BCUT2D eigenvalue weighted by Crippen LogP contribution is -2.09. The molecule has 1 rings (SSSR count). The van der Waals surface area contributed by atoms with Crippen molar-refractivity contribution in [1.82, 2.24) is 4.98 Å². The Labute approximate surface area is 83.1 Å². The van der Waals surface area contributed by atoms with E-state index in [1.807, 2.05) is 11.8 Å². The van der Waals surface area contributed by atoms with Gasteiger partial charge in [0.25, 0.3) is 5.91 Å². The molecule has 1 heterocycles. The van der Waals surface area contributed by atoms with Crippen molar-refractivity contribution in [3.63, 3.8) is 0 Å². The van der Waals surface area contributed by atoms with E-state index in [1.165, 1.54) is 0 Å². The molecule has 0 bridgehead atoms. The molecule has 0 unspecified atom stereocenters. The van der Waals surface area contributed by atoms with Crippen LogP contribution in [-0.4, -0.2) is 10.9 Å². The highest BCUT2D eigenvalue weighted by atomic mass is 19.4. The zero-order valence-corrected chi connectivity index (χ0v) is 7.30. The summed E-state index contributed by atoms with van der Waals surface area (Å²) in [5.74, 6) is 2.84. The minimum absolute atomic E-state index is 0.371. The summed E-state index contributed by atoms with van der Waals surface area (Å²) < 4.78 is 37.1. The average Bonchev–Trinajstić information content (AvgIpc) is 2.13. The summed E-state index contributed by atoms with van der Waals surface area (Å²) >= 11 is 0. The van der Waals surface area contributed by atoms with E-state index in [0.717, 1.165) is 18.5 Å². The monoisotopic (exact) mass is 214 g/mol. The van der Waals surface area contributed by atoms with Crippen LogP contribution < -0.4 is 5.73 Å². The van der Waals surface area contributed by atoms with Crippen molar-refractivity contribution < 1.29 is 18.0 Å². The van der Waals surface area contributed by atoms with Gasteiger partial charge in [-0.05, 0) is 6.07 Å². The van der Waals surface area contributed by atoms with Crippen LogP contribution in [0.2, 0.25) is 0 Å². The number of carbonyl (C=O) groups is 1. The van der Waals surface area contributed by atoms with Crippen molar-refractivity contribution in [3.05, 3.63) is 29.6 Å². The highest BCUT2D eigenvalue weighted by Gasteiger charge is 2.32. The molecule has 15 heavy (non-hydrogen) atoms. The number of nitrogens with two attached hydrogens (primary N) is 1. The fourth-order valence-electron chi connectivity index (χ4n) is 0.870. The van der Waals surface area contributed by atoms with Crippen LogP contribution >= 0.6 is 0 Å². The van der Waals surface area contributed by atoms with Crippen LogP contribution in [0.5, 0.6) is 0 Å². The third-order valence-corrected chi connectivity index (χ3v) is 1.45. The highest BCUT2D eigenvalue weighted by Crippen LogP contribution is 2.30. The molecule has 0 aliphatic rings. The van der Waals surface area contributed by atoms with E-state index in [1.54, 1.807) is 0 Å². The summed E-state index contributed by atoms with van der Waals surface area (Å²) in [6.07, 6.45) is -2.60. The number of aromatic nitrogens is 1. The van der Waals surface area contributed by atoms with E-state index in [2.05, 4.69) is 10.7 Å². The van der Waals surface area contributed by atoms with Crippen LogP contribution in [0.3, 0.4) is 0 Å².